The summed E-state index contributed by atoms with van der Waals surface area (Å²) in [6.07, 6.45) is -0.0853. The number of carbonyl (C=O) groups excluding carboxylic acids is 1. The van der Waals surface area contributed by atoms with E-state index in [1.54, 1.807) is 13.0 Å². The normalized spacial score (nSPS) is 11.5. The number of hydrogen-bond acceptors (Lipinski definition) is 4. The van der Waals surface area contributed by atoms with E-state index in [1.165, 1.54) is 0 Å². The van der Waals surface area contributed by atoms with Crippen molar-refractivity contribution in [3.8, 4) is 0 Å². The molecule has 0 aromatic carbocycles. The molecule has 0 aliphatic carbocycles. The van der Waals surface area contributed by atoms with Crippen molar-refractivity contribution in [3.63, 3.8) is 0 Å². The molecule has 0 aliphatic heterocycles. The highest BCUT2D eigenvalue weighted by molar-refractivity contribution is 5.78. The van der Waals surface area contributed by atoms with Gasteiger partial charge in [-0.05, 0) is 6.92 Å². The van der Waals surface area contributed by atoms with Crippen molar-refractivity contribution in [1.29, 1.82) is 0 Å². The first kappa shape index (κ1) is 12.6. The van der Waals surface area contributed by atoms with Crippen LogP contribution in [-0.2, 0) is 11.2 Å². The lowest BCUT2D eigenvalue weighted by Crippen LogP contribution is -2.42. The van der Waals surface area contributed by atoms with E-state index in [1.807, 2.05) is 0 Å². The van der Waals surface area contributed by atoms with Crippen LogP contribution in [0.5, 0.6) is 0 Å². The number of rotatable bonds is 5. The van der Waals surface area contributed by atoms with Crippen LogP contribution in [-0.4, -0.2) is 30.1 Å². The van der Waals surface area contributed by atoms with Crippen molar-refractivity contribution in [1.82, 2.24) is 10.5 Å². The van der Waals surface area contributed by atoms with Crippen LogP contribution in [0, 0.1) is 6.92 Å². The summed E-state index contributed by atoms with van der Waals surface area (Å²) in [5, 5.41) is 5.65. The molecular formula is C9H13F2N3O2. The molecule has 1 rings (SSSR count). The van der Waals surface area contributed by atoms with Crippen molar-refractivity contribution < 1.29 is 18.1 Å². The highest BCUT2D eigenvalue weighted by atomic mass is 19.3. The zero-order valence-corrected chi connectivity index (χ0v) is 8.80. The van der Waals surface area contributed by atoms with E-state index in [9.17, 15) is 13.6 Å². The Balaban J connectivity index is 2.37. The Morgan fingerprint density at radius 3 is 2.88 bits per heavy atom. The average Bonchev–Trinajstić information content (AvgIpc) is 2.61. The third-order valence-corrected chi connectivity index (χ3v) is 1.86. The first-order valence-corrected chi connectivity index (χ1v) is 4.70. The molecule has 0 spiro atoms. The Bertz CT molecular complexity index is 365. The van der Waals surface area contributed by atoms with E-state index in [0.29, 0.717) is 11.5 Å². The van der Waals surface area contributed by atoms with Crippen LogP contribution in [0.2, 0.25) is 0 Å². The molecule has 5 nitrogen and oxygen atoms in total. The Kier molecular flexibility index (Phi) is 3.94. The monoisotopic (exact) mass is 233 g/mol. The van der Waals surface area contributed by atoms with Crippen molar-refractivity contribution in [2.45, 2.75) is 19.3 Å². The van der Waals surface area contributed by atoms with Gasteiger partial charge < -0.3 is 15.6 Å². The molecule has 1 aromatic rings. The fourth-order valence-corrected chi connectivity index (χ4v) is 1.03. The minimum absolute atomic E-state index is 0.0853. The molecule has 7 heteroatoms. The Morgan fingerprint density at radius 2 is 2.38 bits per heavy atom. The predicted molar refractivity (Wildman–Crippen MR) is 52.0 cm³/mol. The van der Waals surface area contributed by atoms with Gasteiger partial charge in [-0.3, -0.25) is 4.79 Å². The Morgan fingerprint density at radius 1 is 1.69 bits per heavy atom. The molecule has 90 valence electrons. The predicted octanol–water partition coefficient (Wildman–Crippen LogP) is 0.236. The summed E-state index contributed by atoms with van der Waals surface area (Å²) < 4.78 is 30.1. The van der Waals surface area contributed by atoms with Crippen LogP contribution in [0.4, 0.5) is 8.78 Å². The zero-order valence-electron chi connectivity index (χ0n) is 8.80. The maximum Gasteiger partial charge on any atom is 0.277 e. The maximum atomic E-state index is 12.7. The zero-order chi connectivity index (χ0) is 12.2. The number of hydrogen-bond donors (Lipinski definition) is 2. The molecule has 0 fully saturated rings. The average molecular weight is 233 g/mol. The number of alkyl halides is 2. The summed E-state index contributed by atoms with van der Waals surface area (Å²) in [5.74, 6) is -3.05. The molecule has 1 heterocycles. The maximum absolute atomic E-state index is 12.7. The van der Waals surface area contributed by atoms with Gasteiger partial charge in [0, 0.05) is 6.07 Å². The van der Waals surface area contributed by atoms with Crippen molar-refractivity contribution in [2.75, 3.05) is 13.1 Å². The van der Waals surface area contributed by atoms with Crippen molar-refractivity contribution in [2.24, 2.45) is 5.73 Å². The second-order valence-electron chi connectivity index (χ2n) is 3.44. The Hall–Kier alpha value is -1.50. The molecule has 0 saturated carbocycles. The summed E-state index contributed by atoms with van der Waals surface area (Å²) in [6.45, 7) is 0.118. The van der Waals surface area contributed by atoms with Gasteiger partial charge in [0.1, 0.15) is 5.76 Å². The standard InChI is InChI=1S/C9H13F2N3O2/c1-6-2-7(14-16-6)3-8(15)13-5-9(10,11)4-12/h2H,3-5,12H2,1H3,(H,13,15). The summed E-state index contributed by atoms with van der Waals surface area (Å²) in [5.41, 5.74) is 5.23. The van der Waals surface area contributed by atoms with E-state index >= 15 is 0 Å². The number of aromatic nitrogens is 1. The second kappa shape index (κ2) is 5.02. The van der Waals surface area contributed by atoms with Crippen LogP contribution in [0.15, 0.2) is 10.6 Å². The van der Waals surface area contributed by atoms with Crippen LogP contribution in [0.25, 0.3) is 0 Å². The van der Waals surface area contributed by atoms with E-state index in [2.05, 4.69) is 10.5 Å². The molecule has 1 aromatic heterocycles. The smallest absolute Gasteiger partial charge is 0.277 e. The molecule has 3 N–H and O–H groups in total. The number of nitrogens with two attached hydrogens (primary N) is 1. The third-order valence-electron chi connectivity index (χ3n) is 1.86. The molecule has 1 amide bonds. The lowest BCUT2D eigenvalue weighted by atomic mass is 10.2. The molecule has 0 bridgehead atoms. The number of halogens is 2. The first-order chi connectivity index (χ1) is 7.43. The second-order valence-corrected chi connectivity index (χ2v) is 3.44. The van der Waals surface area contributed by atoms with Crippen LogP contribution in [0.1, 0.15) is 11.5 Å². The molecule has 0 aliphatic rings. The van der Waals surface area contributed by atoms with E-state index in [0.717, 1.165) is 0 Å². The number of aryl methyl sites for hydroxylation is 1. The van der Waals surface area contributed by atoms with Gasteiger partial charge in [0.2, 0.25) is 5.91 Å². The molecule has 0 radical (unpaired) electrons. The number of amides is 1. The summed E-state index contributed by atoms with van der Waals surface area (Å²) >= 11 is 0. The van der Waals surface area contributed by atoms with Crippen LogP contribution >= 0.6 is 0 Å². The topological polar surface area (TPSA) is 81.2 Å². The molecule has 0 atom stereocenters. The number of nitrogens with zero attached hydrogens (tertiary/aromatic N) is 1. The minimum Gasteiger partial charge on any atom is -0.361 e. The number of nitrogens with one attached hydrogen (secondary N) is 1. The fraction of sp³-hybridized carbons (Fsp3) is 0.556. The lowest BCUT2D eigenvalue weighted by Gasteiger charge is -2.13. The van der Waals surface area contributed by atoms with Gasteiger partial charge in [-0.25, -0.2) is 8.78 Å². The van der Waals surface area contributed by atoms with Gasteiger partial charge in [0.25, 0.3) is 5.92 Å². The summed E-state index contributed by atoms with van der Waals surface area (Å²) in [7, 11) is 0. The SMILES string of the molecule is Cc1cc(CC(=O)NCC(F)(F)CN)no1. The Labute approximate surface area is 91.0 Å². The summed E-state index contributed by atoms with van der Waals surface area (Å²) in [6, 6.07) is 1.57. The van der Waals surface area contributed by atoms with Gasteiger partial charge in [-0.1, -0.05) is 5.16 Å². The third kappa shape index (κ3) is 3.93. The highest BCUT2D eigenvalue weighted by Crippen LogP contribution is 2.09. The van der Waals surface area contributed by atoms with Gasteiger partial charge in [-0.2, -0.15) is 0 Å². The quantitative estimate of drug-likeness (QED) is 0.763. The van der Waals surface area contributed by atoms with Gasteiger partial charge in [0.15, 0.2) is 0 Å². The number of carbonyl (C=O) groups is 1. The van der Waals surface area contributed by atoms with E-state index in [-0.39, 0.29) is 6.42 Å². The lowest BCUT2D eigenvalue weighted by molar-refractivity contribution is -0.122. The van der Waals surface area contributed by atoms with E-state index in [4.69, 9.17) is 10.3 Å². The van der Waals surface area contributed by atoms with Crippen molar-refractivity contribution in [3.05, 3.63) is 17.5 Å². The van der Waals surface area contributed by atoms with Crippen molar-refractivity contribution >= 4 is 5.91 Å². The van der Waals surface area contributed by atoms with Gasteiger partial charge in [0.05, 0.1) is 25.2 Å². The van der Waals surface area contributed by atoms with Crippen LogP contribution in [0.3, 0.4) is 0 Å². The minimum atomic E-state index is -3.07. The molecular weight excluding hydrogens is 220 g/mol. The fourth-order valence-electron chi connectivity index (χ4n) is 1.03. The first-order valence-electron chi connectivity index (χ1n) is 4.70. The summed E-state index contributed by atoms with van der Waals surface area (Å²) in [4.78, 5) is 11.2. The molecule has 0 saturated heterocycles. The molecule has 16 heavy (non-hydrogen) atoms. The van der Waals surface area contributed by atoms with Gasteiger partial charge >= 0.3 is 0 Å². The van der Waals surface area contributed by atoms with Crippen LogP contribution < -0.4 is 11.1 Å². The largest absolute Gasteiger partial charge is 0.361 e. The molecule has 0 unspecified atom stereocenters. The highest BCUT2D eigenvalue weighted by Gasteiger charge is 2.27. The van der Waals surface area contributed by atoms with E-state index < -0.39 is 24.9 Å². The van der Waals surface area contributed by atoms with Gasteiger partial charge in [-0.15, -0.1) is 0 Å².